The van der Waals surface area contributed by atoms with E-state index in [1.165, 1.54) is 11.1 Å². The summed E-state index contributed by atoms with van der Waals surface area (Å²) in [6, 6.07) is 7.23. The third kappa shape index (κ3) is 3.54. The van der Waals surface area contributed by atoms with E-state index in [4.69, 9.17) is 5.11 Å². The van der Waals surface area contributed by atoms with Crippen LogP contribution in [0.1, 0.15) is 17.5 Å². The summed E-state index contributed by atoms with van der Waals surface area (Å²) in [7, 11) is 0. The minimum atomic E-state index is -0.956. The lowest BCUT2D eigenvalue weighted by Crippen LogP contribution is -2.44. The van der Waals surface area contributed by atoms with E-state index < -0.39 is 12.0 Å². The molecular weight excluding hydrogens is 274 g/mol. The lowest BCUT2D eigenvalue weighted by atomic mass is 10.0. The van der Waals surface area contributed by atoms with Gasteiger partial charge in [0.2, 0.25) is 5.91 Å². The first-order valence-corrected chi connectivity index (χ1v) is 8.10. The highest BCUT2D eigenvalue weighted by molar-refractivity contribution is 7.98. The Balaban J connectivity index is 1.94. The van der Waals surface area contributed by atoms with Crippen molar-refractivity contribution in [3.8, 4) is 0 Å². The molecule has 0 aromatic heterocycles. The van der Waals surface area contributed by atoms with Crippen molar-refractivity contribution in [2.75, 3.05) is 12.0 Å². The second-order valence-electron chi connectivity index (χ2n) is 5.05. The smallest absolute Gasteiger partial charge is 0.326 e. The molecule has 5 heteroatoms. The van der Waals surface area contributed by atoms with Crippen molar-refractivity contribution < 1.29 is 14.7 Å². The number of thioether (sulfide) groups is 1. The predicted octanol–water partition coefficient (Wildman–Crippen LogP) is 1.72. The van der Waals surface area contributed by atoms with Crippen LogP contribution in [0.3, 0.4) is 0 Å². The number of rotatable bonds is 6. The summed E-state index contributed by atoms with van der Waals surface area (Å²) in [5, 5.41) is 11.8. The van der Waals surface area contributed by atoms with Gasteiger partial charge in [-0.2, -0.15) is 11.8 Å². The molecule has 1 amide bonds. The van der Waals surface area contributed by atoms with E-state index >= 15 is 0 Å². The van der Waals surface area contributed by atoms with Gasteiger partial charge >= 0.3 is 5.97 Å². The Bertz CT molecular complexity index is 479. The molecule has 1 aliphatic carbocycles. The number of carbonyl (C=O) groups is 2. The molecule has 1 aromatic carbocycles. The molecule has 0 heterocycles. The van der Waals surface area contributed by atoms with Crippen LogP contribution in [0.5, 0.6) is 0 Å². The number of hydrogen-bond acceptors (Lipinski definition) is 3. The van der Waals surface area contributed by atoms with Crippen LogP contribution in [0.2, 0.25) is 0 Å². The van der Waals surface area contributed by atoms with E-state index in [9.17, 15) is 9.59 Å². The van der Waals surface area contributed by atoms with Crippen LogP contribution in [0.15, 0.2) is 24.3 Å². The van der Waals surface area contributed by atoms with Crippen molar-refractivity contribution in [2.24, 2.45) is 5.92 Å². The Hall–Kier alpha value is -1.49. The van der Waals surface area contributed by atoms with Crippen LogP contribution >= 0.6 is 11.8 Å². The third-order valence-electron chi connectivity index (χ3n) is 3.65. The third-order valence-corrected chi connectivity index (χ3v) is 4.29. The molecule has 2 rings (SSSR count). The second kappa shape index (κ2) is 6.79. The molecule has 0 fully saturated rings. The fourth-order valence-corrected chi connectivity index (χ4v) is 3.00. The zero-order valence-corrected chi connectivity index (χ0v) is 12.3. The van der Waals surface area contributed by atoms with Gasteiger partial charge in [-0.05, 0) is 42.4 Å². The highest BCUT2D eigenvalue weighted by Gasteiger charge is 2.29. The number of amides is 1. The molecule has 0 radical (unpaired) electrons. The number of nitrogens with one attached hydrogen (secondary N) is 1. The summed E-state index contributed by atoms with van der Waals surface area (Å²) < 4.78 is 0. The maximum atomic E-state index is 12.2. The van der Waals surface area contributed by atoms with Crippen molar-refractivity contribution in [3.05, 3.63) is 35.4 Å². The zero-order chi connectivity index (χ0) is 14.5. The van der Waals surface area contributed by atoms with Gasteiger partial charge in [0.05, 0.1) is 0 Å². The van der Waals surface area contributed by atoms with Crippen LogP contribution < -0.4 is 5.32 Å². The summed E-state index contributed by atoms with van der Waals surface area (Å²) in [6.45, 7) is 0. The highest BCUT2D eigenvalue weighted by atomic mass is 32.2. The van der Waals surface area contributed by atoms with Gasteiger partial charge in [0, 0.05) is 5.92 Å². The minimum absolute atomic E-state index is 0.136. The molecule has 0 aliphatic heterocycles. The summed E-state index contributed by atoms with van der Waals surface area (Å²) in [4.78, 5) is 23.4. The van der Waals surface area contributed by atoms with E-state index in [1.807, 2.05) is 30.5 Å². The fourth-order valence-electron chi connectivity index (χ4n) is 2.53. The van der Waals surface area contributed by atoms with Gasteiger partial charge in [0.15, 0.2) is 0 Å². The van der Waals surface area contributed by atoms with Gasteiger partial charge in [0.1, 0.15) is 6.04 Å². The maximum Gasteiger partial charge on any atom is 0.326 e. The van der Waals surface area contributed by atoms with Crippen LogP contribution in [0, 0.1) is 5.92 Å². The lowest BCUT2D eigenvalue weighted by Gasteiger charge is -2.16. The van der Waals surface area contributed by atoms with Gasteiger partial charge in [-0.25, -0.2) is 4.79 Å². The van der Waals surface area contributed by atoms with Crippen LogP contribution in [-0.2, 0) is 22.4 Å². The van der Waals surface area contributed by atoms with Crippen molar-refractivity contribution in [1.82, 2.24) is 5.32 Å². The standard InChI is InChI=1S/C15H19NO3S/c1-20-7-6-13(15(18)19)16-14(17)12-8-10-4-2-3-5-11(10)9-12/h2-5,12-13H,6-9H2,1H3,(H,16,17)(H,18,19)/t13-/m1/s1. The Morgan fingerprint density at radius 3 is 2.45 bits per heavy atom. The fraction of sp³-hybridized carbons (Fsp3) is 0.467. The molecule has 0 saturated carbocycles. The van der Waals surface area contributed by atoms with Gasteiger partial charge in [0.25, 0.3) is 0 Å². The van der Waals surface area contributed by atoms with Gasteiger partial charge in [-0.15, -0.1) is 0 Å². The minimum Gasteiger partial charge on any atom is -0.480 e. The number of fused-ring (bicyclic) bond motifs is 1. The Morgan fingerprint density at radius 1 is 1.35 bits per heavy atom. The monoisotopic (exact) mass is 293 g/mol. The van der Waals surface area contributed by atoms with E-state index in [0.29, 0.717) is 19.3 Å². The second-order valence-corrected chi connectivity index (χ2v) is 6.04. The molecule has 1 atom stereocenters. The lowest BCUT2D eigenvalue weighted by molar-refractivity contribution is -0.142. The maximum absolute atomic E-state index is 12.2. The number of hydrogen-bond donors (Lipinski definition) is 2. The molecule has 2 N–H and O–H groups in total. The van der Waals surface area contributed by atoms with Gasteiger partial charge in [-0.1, -0.05) is 24.3 Å². The first-order valence-electron chi connectivity index (χ1n) is 6.70. The summed E-state index contributed by atoms with van der Waals surface area (Å²) >= 11 is 1.58. The quantitative estimate of drug-likeness (QED) is 0.838. The van der Waals surface area contributed by atoms with Crippen molar-refractivity contribution >= 4 is 23.6 Å². The summed E-state index contributed by atoms with van der Waals surface area (Å²) in [5.74, 6) is -0.511. The van der Waals surface area contributed by atoms with Crippen LogP contribution in [0.25, 0.3) is 0 Å². The van der Waals surface area contributed by atoms with Crippen LogP contribution in [0.4, 0.5) is 0 Å². The summed E-state index contributed by atoms with van der Waals surface area (Å²) in [6.07, 6.45) is 3.80. The number of carbonyl (C=O) groups excluding carboxylic acids is 1. The number of aliphatic carboxylic acids is 1. The zero-order valence-electron chi connectivity index (χ0n) is 11.5. The molecule has 0 bridgehead atoms. The SMILES string of the molecule is CSCC[C@@H](NC(=O)C1Cc2ccccc2C1)C(=O)O. The molecule has 0 spiro atoms. The van der Waals surface area contributed by atoms with Gasteiger partial charge < -0.3 is 10.4 Å². The summed E-state index contributed by atoms with van der Waals surface area (Å²) in [5.41, 5.74) is 2.40. The normalized spacial score (nSPS) is 15.7. The largest absolute Gasteiger partial charge is 0.480 e. The Kier molecular flexibility index (Phi) is 5.06. The van der Waals surface area contributed by atoms with Crippen LogP contribution in [-0.4, -0.2) is 35.0 Å². The van der Waals surface area contributed by atoms with Crippen molar-refractivity contribution in [2.45, 2.75) is 25.3 Å². The van der Waals surface area contributed by atoms with E-state index in [1.54, 1.807) is 11.8 Å². The molecule has 0 saturated heterocycles. The molecule has 20 heavy (non-hydrogen) atoms. The molecule has 1 aliphatic rings. The average Bonchev–Trinajstić information content (AvgIpc) is 2.86. The van der Waals surface area contributed by atoms with E-state index in [-0.39, 0.29) is 11.8 Å². The molecule has 108 valence electrons. The molecule has 4 nitrogen and oxygen atoms in total. The average molecular weight is 293 g/mol. The number of carboxylic acid groups (broad SMARTS) is 1. The topological polar surface area (TPSA) is 66.4 Å². The molecular formula is C15H19NO3S. The number of benzene rings is 1. The number of carboxylic acids is 1. The molecule has 0 unspecified atom stereocenters. The van der Waals surface area contributed by atoms with E-state index in [0.717, 1.165) is 5.75 Å². The molecule has 1 aromatic rings. The predicted molar refractivity (Wildman–Crippen MR) is 79.9 cm³/mol. The Morgan fingerprint density at radius 2 is 1.95 bits per heavy atom. The van der Waals surface area contributed by atoms with E-state index in [2.05, 4.69) is 5.32 Å². The Labute approximate surface area is 123 Å². The first kappa shape index (κ1) is 14.9. The first-order chi connectivity index (χ1) is 9.61. The van der Waals surface area contributed by atoms with Gasteiger partial charge in [-0.3, -0.25) is 4.79 Å². The highest BCUT2D eigenvalue weighted by Crippen LogP contribution is 2.26. The van der Waals surface area contributed by atoms with Crippen molar-refractivity contribution in [3.63, 3.8) is 0 Å². The van der Waals surface area contributed by atoms with Crippen molar-refractivity contribution in [1.29, 1.82) is 0 Å².